The number of phenolic OH excluding ortho intramolecular Hbond substituents is 1. The molecule has 0 heterocycles. The molecule has 18 heavy (non-hydrogen) atoms. The zero-order valence-corrected chi connectivity index (χ0v) is 10.2. The number of primary amides is 1. The third kappa shape index (κ3) is 3.19. The SMILES string of the molecule is CC(C)(CNC(=O)c1cc(F)ccc1O)C(N)=O. The van der Waals surface area contributed by atoms with Crippen LogP contribution in [0, 0.1) is 11.2 Å². The van der Waals surface area contributed by atoms with Gasteiger partial charge in [-0.1, -0.05) is 0 Å². The third-order valence-electron chi connectivity index (χ3n) is 2.56. The van der Waals surface area contributed by atoms with Gasteiger partial charge in [0, 0.05) is 6.54 Å². The van der Waals surface area contributed by atoms with Gasteiger partial charge in [0.1, 0.15) is 11.6 Å². The van der Waals surface area contributed by atoms with Gasteiger partial charge in [-0.2, -0.15) is 0 Å². The minimum atomic E-state index is -0.918. The molecule has 0 spiro atoms. The molecular weight excluding hydrogens is 239 g/mol. The number of carbonyl (C=O) groups is 2. The summed E-state index contributed by atoms with van der Waals surface area (Å²) in [6.07, 6.45) is 0. The van der Waals surface area contributed by atoms with Crippen molar-refractivity contribution in [3.63, 3.8) is 0 Å². The summed E-state index contributed by atoms with van der Waals surface area (Å²) in [6.45, 7) is 3.14. The summed E-state index contributed by atoms with van der Waals surface area (Å²) in [5.41, 5.74) is 4.05. The van der Waals surface area contributed by atoms with E-state index < -0.39 is 23.0 Å². The van der Waals surface area contributed by atoms with Gasteiger partial charge in [0.15, 0.2) is 0 Å². The number of rotatable bonds is 4. The fourth-order valence-corrected chi connectivity index (χ4v) is 1.17. The molecule has 5 nitrogen and oxygen atoms in total. The second kappa shape index (κ2) is 5.03. The summed E-state index contributed by atoms with van der Waals surface area (Å²) in [5.74, 6) is -2.19. The number of carbonyl (C=O) groups excluding carboxylic acids is 2. The predicted octanol–water partition coefficient (Wildman–Crippen LogP) is 0.773. The summed E-state index contributed by atoms with van der Waals surface area (Å²) in [4.78, 5) is 22.7. The van der Waals surface area contributed by atoms with E-state index in [0.29, 0.717) is 0 Å². The molecule has 0 saturated carbocycles. The molecule has 0 atom stereocenters. The number of amides is 2. The van der Waals surface area contributed by atoms with Crippen molar-refractivity contribution in [1.82, 2.24) is 5.32 Å². The zero-order chi connectivity index (χ0) is 13.9. The van der Waals surface area contributed by atoms with E-state index in [1.807, 2.05) is 0 Å². The summed E-state index contributed by atoms with van der Waals surface area (Å²) in [7, 11) is 0. The largest absolute Gasteiger partial charge is 0.507 e. The molecule has 0 aromatic heterocycles. The minimum absolute atomic E-state index is 0.00286. The van der Waals surface area contributed by atoms with E-state index >= 15 is 0 Å². The molecule has 0 aliphatic heterocycles. The van der Waals surface area contributed by atoms with Gasteiger partial charge in [-0.25, -0.2) is 4.39 Å². The van der Waals surface area contributed by atoms with Gasteiger partial charge in [0.05, 0.1) is 11.0 Å². The lowest BCUT2D eigenvalue weighted by atomic mass is 9.92. The molecule has 0 aliphatic carbocycles. The Hall–Kier alpha value is -2.11. The van der Waals surface area contributed by atoms with Crippen molar-refractivity contribution in [2.24, 2.45) is 11.1 Å². The van der Waals surface area contributed by atoms with E-state index in [-0.39, 0.29) is 17.9 Å². The van der Waals surface area contributed by atoms with Crippen LogP contribution in [-0.2, 0) is 4.79 Å². The smallest absolute Gasteiger partial charge is 0.255 e. The maximum absolute atomic E-state index is 12.9. The van der Waals surface area contributed by atoms with Crippen LogP contribution in [0.15, 0.2) is 18.2 Å². The standard InChI is InChI=1S/C12H15FN2O3/c1-12(2,11(14)18)6-15-10(17)8-5-7(13)3-4-9(8)16/h3-5,16H,6H2,1-2H3,(H2,14,18)(H,15,17). The van der Waals surface area contributed by atoms with E-state index in [2.05, 4.69) is 5.32 Å². The first-order chi connectivity index (χ1) is 8.24. The summed E-state index contributed by atoms with van der Waals surface area (Å²) in [5, 5.41) is 11.8. The predicted molar refractivity (Wildman–Crippen MR) is 63.4 cm³/mol. The molecule has 6 heteroatoms. The Morgan fingerprint density at radius 2 is 2.06 bits per heavy atom. The van der Waals surface area contributed by atoms with Crippen LogP contribution >= 0.6 is 0 Å². The summed E-state index contributed by atoms with van der Waals surface area (Å²) in [6, 6.07) is 3.05. The minimum Gasteiger partial charge on any atom is -0.507 e. The topological polar surface area (TPSA) is 92.4 Å². The molecule has 0 unspecified atom stereocenters. The van der Waals surface area contributed by atoms with Crippen LogP contribution in [0.25, 0.3) is 0 Å². The average Bonchev–Trinajstić information content (AvgIpc) is 2.29. The number of hydrogen-bond acceptors (Lipinski definition) is 3. The Morgan fingerprint density at radius 1 is 1.44 bits per heavy atom. The van der Waals surface area contributed by atoms with Crippen LogP contribution in [0.1, 0.15) is 24.2 Å². The number of nitrogens with one attached hydrogen (secondary N) is 1. The van der Waals surface area contributed by atoms with Crippen molar-refractivity contribution >= 4 is 11.8 Å². The molecule has 1 aromatic carbocycles. The Kier molecular flexibility index (Phi) is 3.90. The molecule has 1 rings (SSSR count). The second-order valence-corrected chi connectivity index (χ2v) is 4.59. The van der Waals surface area contributed by atoms with E-state index in [4.69, 9.17) is 5.73 Å². The van der Waals surface area contributed by atoms with E-state index in [0.717, 1.165) is 18.2 Å². The maximum atomic E-state index is 12.9. The molecule has 1 aromatic rings. The highest BCUT2D eigenvalue weighted by atomic mass is 19.1. The Bertz CT molecular complexity index is 486. The Morgan fingerprint density at radius 3 is 2.61 bits per heavy atom. The lowest BCUT2D eigenvalue weighted by molar-refractivity contribution is -0.125. The first-order valence-corrected chi connectivity index (χ1v) is 5.30. The van der Waals surface area contributed by atoms with Crippen molar-refractivity contribution < 1.29 is 19.1 Å². The van der Waals surface area contributed by atoms with Crippen LogP contribution in [-0.4, -0.2) is 23.5 Å². The first-order valence-electron chi connectivity index (χ1n) is 5.30. The number of nitrogens with two attached hydrogens (primary N) is 1. The lowest BCUT2D eigenvalue weighted by Crippen LogP contribution is -2.42. The molecular formula is C12H15FN2O3. The van der Waals surface area contributed by atoms with Gasteiger partial charge < -0.3 is 16.2 Å². The highest BCUT2D eigenvalue weighted by Gasteiger charge is 2.26. The molecule has 98 valence electrons. The van der Waals surface area contributed by atoms with Gasteiger partial charge in [0.2, 0.25) is 5.91 Å². The molecule has 0 saturated heterocycles. The van der Waals surface area contributed by atoms with Crippen LogP contribution in [0.2, 0.25) is 0 Å². The average molecular weight is 254 g/mol. The highest BCUT2D eigenvalue weighted by Crippen LogP contribution is 2.18. The lowest BCUT2D eigenvalue weighted by Gasteiger charge is -2.20. The molecule has 4 N–H and O–H groups in total. The van der Waals surface area contributed by atoms with E-state index in [1.165, 1.54) is 0 Å². The maximum Gasteiger partial charge on any atom is 0.255 e. The number of phenols is 1. The number of benzene rings is 1. The van der Waals surface area contributed by atoms with Crippen LogP contribution < -0.4 is 11.1 Å². The number of hydrogen-bond donors (Lipinski definition) is 3. The van der Waals surface area contributed by atoms with Crippen molar-refractivity contribution in [2.45, 2.75) is 13.8 Å². The van der Waals surface area contributed by atoms with Crippen LogP contribution in [0.3, 0.4) is 0 Å². The van der Waals surface area contributed by atoms with Crippen LogP contribution in [0.5, 0.6) is 5.75 Å². The highest BCUT2D eigenvalue weighted by molar-refractivity contribution is 5.97. The monoisotopic (exact) mass is 254 g/mol. The zero-order valence-electron chi connectivity index (χ0n) is 10.2. The van der Waals surface area contributed by atoms with Gasteiger partial charge in [-0.3, -0.25) is 9.59 Å². The summed E-state index contributed by atoms with van der Waals surface area (Å²) < 4.78 is 12.9. The van der Waals surface area contributed by atoms with Crippen molar-refractivity contribution in [3.8, 4) is 5.75 Å². The first kappa shape index (κ1) is 14.0. The quantitative estimate of drug-likeness (QED) is 0.741. The molecule has 0 fully saturated rings. The molecule has 0 radical (unpaired) electrons. The summed E-state index contributed by atoms with van der Waals surface area (Å²) >= 11 is 0. The molecule has 2 amide bonds. The Labute approximate surface area is 104 Å². The fourth-order valence-electron chi connectivity index (χ4n) is 1.17. The van der Waals surface area contributed by atoms with Crippen molar-refractivity contribution in [1.29, 1.82) is 0 Å². The van der Waals surface area contributed by atoms with Crippen LogP contribution in [0.4, 0.5) is 4.39 Å². The second-order valence-electron chi connectivity index (χ2n) is 4.59. The van der Waals surface area contributed by atoms with Crippen molar-refractivity contribution in [2.75, 3.05) is 6.54 Å². The van der Waals surface area contributed by atoms with Crippen molar-refractivity contribution in [3.05, 3.63) is 29.6 Å². The van der Waals surface area contributed by atoms with Gasteiger partial charge in [-0.15, -0.1) is 0 Å². The van der Waals surface area contributed by atoms with Gasteiger partial charge in [0.25, 0.3) is 5.91 Å². The molecule has 0 aliphatic rings. The Balaban J connectivity index is 2.78. The normalized spacial score (nSPS) is 11.1. The third-order valence-corrected chi connectivity index (χ3v) is 2.56. The number of halogens is 1. The van der Waals surface area contributed by atoms with E-state index in [9.17, 15) is 19.1 Å². The van der Waals surface area contributed by atoms with Gasteiger partial charge >= 0.3 is 0 Å². The van der Waals surface area contributed by atoms with Gasteiger partial charge in [-0.05, 0) is 32.0 Å². The molecule has 0 bridgehead atoms. The fraction of sp³-hybridized carbons (Fsp3) is 0.333. The number of aromatic hydroxyl groups is 1. The van der Waals surface area contributed by atoms with E-state index in [1.54, 1.807) is 13.8 Å².